The minimum absolute atomic E-state index is 0.190. The third-order valence-corrected chi connectivity index (χ3v) is 3.25. The Labute approximate surface area is 108 Å². The van der Waals surface area contributed by atoms with Crippen molar-refractivity contribution in [2.45, 2.75) is 26.4 Å². The van der Waals surface area contributed by atoms with E-state index in [2.05, 4.69) is 17.1 Å². The van der Waals surface area contributed by atoms with E-state index in [9.17, 15) is 10.1 Å². The smallest absolute Gasteiger partial charge is 0.272 e. The van der Waals surface area contributed by atoms with E-state index in [0.717, 1.165) is 17.7 Å². The summed E-state index contributed by atoms with van der Waals surface area (Å²) in [7, 11) is 4.07. The number of benzene rings is 1. The van der Waals surface area contributed by atoms with Gasteiger partial charge in [0, 0.05) is 30.8 Å². The lowest BCUT2D eigenvalue weighted by Gasteiger charge is -2.20. The Hall–Kier alpha value is -1.46. The summed E-state index contributed by atoms with van der Waals surface area (Å²) in [5.41, 5.74) is 1.91. The van der Waals surface area contributed by atoms with E-state index >= 15 is 0 Å². The third-order valence-electron chi connectivity index (χ3n) is 3.25. The lowest BCUT2D eigenvalue weighted by atomic mass is 10.1. The van der Waals surface area contributed by atoms with Gasteiger partial charge in [0.1, 0.15) is 0 Å². The molecule has 0 amide bonds. The Morgan fingerprint density at radius 1 is 1.44 bits per heavy atom. The van der Waals surface area contributed by atoms with Gasteiger partial charge in [-0.1, -0.05) is 12.1 Å². The zero-order chi connectivity index (χ0) is 13.7. The molecular weight excluding hydrogens is 230 g/mol. The molecular formula is C13H21N3O2. The maximum atomic E-state index is 10.8. The molecule has 5 nitrogen and oxygen atoms in total. The molecule has 0 aliphatic carbocycles. The standard InChI is InChI=1S/C13H21N3O2/c1-10(15(3)4)8-14-9-12-6-5-7-13(11(12)2)16(17)18/h5-7,10,14H,8-9H2,1-4H3. The molecule has 1 unspecified atom stereocenters. The van der Waals surface area contributed by atoms with Gasteiger partial charge in [-0.15, -0.1) is 0 Å². The summed E-state index contributed by atoms with van der Waals surface area (Å²) in [4.78, 5) is 12.6. The Bertz CT molecular complexity index is 419. The molecule has 0 aliphatic rings. The van der Waals surface area contributed by atoms with Crippen LogP contribution in [-0.2, 0) is 6.54 Å². The van der Waals surface area contributed by atoms with Crippen LogP contribution in [0.5, 0.6) is 0 Å². The molecule has 0 bridgehead atoms. The van der Waals surface area contributed by atoms with Crippen LogP contribution in [0, 0.1) is 17.0 Å². The molecule has 100 valence electrons. The average Bonchev–Trinajstić information content (AvgIpc) is 2.30. The second-order valence-electron chi connectivity index (χ2n) is 4.76. The highest BCUT2D eigenvalue weighted by molar-refractivity contribution is 5.44. The van der Waals surface area contributed by atoms with Crippen molar-refractivity contribution >= 4 is 5.69 Å². The van der Waals surface area contributed by atoms with E-state index in [0.29, 0.717) is 12.6 Å². The number of nitro benzene ring substituents is 1. The first kappa shape index (κ1) is 14.6. The van der Waals surface area contributed by atoms with E-state index < -0.39 is 0 Å². The summed E-state index contributed by atoms with van der Waals surface area (Å²) < 4.78 is 0. The van der Waals surface area contributed by atoms with Crippen LogP contribution in [0.1, 0.15) is 18.1 Å². The lowest BCUT2D eigenvalue weighted by Crippen LogP contribution is -2.35. The largest absolute Gasteiger partial charge is 0.311 e. The van der Waals surface area contributed by atoms with Crippen LogP contribution in [0.2, 0.25) is 0 Å². The molecule has 18 heavy (non-hydrogen) atoms. The minimum Gasteiger partial charge on any atom is -0.311 e. The Kier molecular flexibility index (Phi) is 5.25. The fourth-order valence-electron chi connectivity index (χ4n) is 1.66. The van der Waals surface area contributed by atoms with E-state index in [1.54, 1.807) is 19.1 Å². The van der Waals surface area contributed by atoms with Crippen LogP contribution in [0.15, 0.2) is 18.2 Å². The monoisotopic (exact) mass is 251 g/mol. The number of hydrogen-bond acceptors (Lipinski definition) is 4. The summed E-state index contributed by atoms with van der Waals surface area (Å²) in [5, 5.41) is 14.1. The van der Waals surface area contributed by atoms with Gasteiger partial charge in [-0.05, 0) is 33.5 Å². The van der Waals surface area contributed by atoms with Crippen molar-refractivity contribution in [3.8, 4) is 0 Å². The first-order chi connectivity index (χ1) is 8.43. The molecule has 1 rings (SSSR count). The highest BCUT2D eigenvalue weighted by Crippen LogP contribution is 2.20. The normalized spacial score (nSPS) is 12.7. The molecule has 0 aliphatic heterocycles. The molecule has 0 spiro atoms. The molecule has 0 radical (unpaired) electrons. The first-order valence-electron chi connectivity index (χ1n) is 6.03. The summed E-state index contributed by atoms with van der Waals surface area (Å²) in [5.74, 6) is 0. The van der Waals surface area contributed by atoms with Gasteiger partial charge in [0.05, 0.1) is 4.92 Å². The van der Waals surface area contributed by atoms with Crippen LogP contribution in [0.25, 0.3) is 0 Å². The fraction of sp³-hybridized carbons (Fsp3) is 0.538. The summed E-state index contributed by atoms with van der Waals surface area (Å²) >= 11 is 0. The molecule has 0 fully saturated rings. The molecule has 0 saturated heterocycles. The quantitative estimate of drug-likeness (QED) is 0.620. The van der Waals surface area contributed by atoms with Crippen molar-refractivity contribution < 1.29 is 4.92 Å². The minimum atomic E-state index is -0.332. The van der Waals surface area contributed by atoms with Gasteiger partial charge in [0.2, 0.25) is 0 Å². The van der Waals surface area contributed by atoms with E-state index in [1.165, 1.54) is 0 Å². The second kappa shape index (κ2) is 6.47. The van der Waals surface area contributed by atoms with Gasteiger partial charge < -0.3 is 10.2 Å². The van der Waals surface area contributed by atoms with Crippen LogP contribution in [-0.4, -0.2) is 36.5 Å². The van der Waals surface area contributed by atoms with Crippen molar-refractivity contribution in [3.63, 3.8) is 0 Å². The molecule has 1 aromatic carbocycles. The highest BCUT2D eigenvalue weighted by Gasteiger charge is 2.13. The topological polar surface area (TPSA) is 58.4 Å². The van der Waals surface area contributed by atoms with Crippen LogP contribution < -0.4 is 5.32 Å². The maximum Gasteiger partial charge on any atom is 0.272 e. The molecule has 0 aromatic heterocycles. The molecule has 1 N–H and O–H groups in total. The van der Waals surface area contributed by atoms with Gasteiger partial charge in [-0.25, -0.2) is 0 Å². The zero-order valence-electron chi connectivity index (χ0n) is 11.4. The summed E-state index contributed by atoms with van der Waals surface area (Å²) in [6.45, 7) is 5.44. The van der Waals surface area contributed by atoms with Crippen LogP contribution >= 0.6 is 0 Å². The van der Waals surface area contributed by atoms with E-state index in [4.69, 9.17) is 0 Å². The fourth-order valence-corrected chi connectivity index (χ4v) is 1.66. The second-order valence-corrected chi connectivity index (χ2v) is 4.76. The number of nitro groups is 1. The molecule has 0 heterocycles. The van der Waals surface area contributed by atoms with Gasteiger partial charge >= 0.3 is 0 Å². The summed E-state index contributed by atoms with van der Waals surface area (Å²) in [6.07, 6.45) is 0. The average molecular weight is 251 g/mol. The van der Waals surface area contributed by atoms with Crippen molar-refractivity contribution in [2.75, 3.05) is 20.6 Å². The predicted octanol–water partition coefficient (Wildman–Crippen LogP) is 1.94. The number of likely N-dealkylation sites (N-methyl/N-ethyl adjacent to an activating group) is 1. The number of rotatable bonds is 6. The predicted molar refractivity (Wildman–Crippen MR) is 72.7 cm³/mol. The van der Waals surface area contributed by atoms with Gasteiger partial charge in [-0.2, -0.15) is 0 Å². The van der Waals surface area contributed by atoms with Crippen molar-refractivity contribution in [1.29, 1.82) is 0 Å². The van der Waals surface area contributed by atoms with E-state index in [-0.39, 0.29) is 10.6 Å². The van der Waals surface area contributed by atoms with E-state index in [1.807, 2.05) is 20.2 Å². The first-order valence-corrected chi connectivity index (χ1v) is 6.03. The van der Waals surface area contributed by atoms with Crippen molar-refractivity contribution in [1.82, 2.24) is 10.2 Å². The third kappa shape index (κ3) is 3.78. The molecule has 5 heteroatoms. The SMILES string of the molecule is Cc1c(CNCC(C)N(C)C)cccc1[N+](=O)[O-]. The highest BCUT2D eigenvalue weighted by atomic mass is 16.6. The maximum absolute atomic E-state index is 10.8. The number of hydrogen-bond donors (Lipinski definition) is 1. The Balaban J connectivity index is 2.63. The van der Waals surface area contributed by atoms with Gasteiger partial charge in [-0.3, -0.25) is 10.1 Å². The Morgan fingerprint density at radius 3 is 2.67 bits per heavy atom. The zero-order valence-corrected chi connectivity index (χ0v) is 11.4. The number of nitrogens with zero attached hydrogens (tertiary/aromatic N) is 2. The Morgan fingerprint density at radius 2 is 2.11 bits per heavy atom. The van der Waals surface area contributed by atoms with Gasteiger partial charge in [0.15, 0.2) is 0 Å². The van der Waals surface area contributed by atoms with Crippen molar-refractivity contribution in [2.24, 2.45) is 0 Å². The van der Waals surface area contributed by atoms with Crippen LogP contribution in [0.4, 0.5) is 5.69 Å². The summed E-state index contributed by atoms with van der Waals surface area (Å²) in [6, 6.07) is 5.64. The molecule has 0 saturated carbocycles. The molecule has 1 aromatic rings. The lowest BCUT2D eigenvalue weighted by molar-refractivity contribution is -0.385. The molecule has 1 atom stereocenters. The van der Waals surface area contributed by atoms with Crippen molar-refractivity contribution in [3.05, 3.63) is 39.4 Å². The number of nitrogens with one attached hydrogen (secondary N) is 1. The van der Waals surface area contributed by atoms with Gasteiger partial charge in [0.25, 0.3) is 5.69 Å². The van der Waals surface area contributed by atoms with Crippen LogP contribution in [0.3, 0.4) is 0 Å².